The standard InChI is InChI=1S/C21H24N2O5S/c1-14-12-20(15(2)11-19(14)27-4)29(24,25)22-10-9-17-13-28-21(23-17)16-5-7-18(26-3)8-6-16/h5-8,11-13,22H,9-10H2,1-4H3. The molecular formula is C21H24N2O5S. The summed E-state index contributed by atoms with van der Waals surface area (Å²) < 4.78 is 43.9. The number of hydrogen-bond acceptors (Lipinski definition) is 6. The summed E-state index contributed by atoms with van der Waals surface area (Å²) in [6.07, 6.45) is 1.95. The van der Waals surface area contributed by atoms with Crippen molar-refractivity contribution < 1.29 is 22.3 Å². The molecule has 0 atom stereocenters. The Morgan fingerprint density at radius 2 is 1.76 bits per heavy atom. The number of sulfonamides is 1. The van der Waals surface area contributed by atoms with Crippen LogP contribution in [0.15, 0.2) is 52.0 Å². The van der Waals surface area contributed by atoms with Gasteiger partial charge in [0.25, 0.3) is 0 Å². The van der Waals surface area contributed by atoms with Gasteiger partial charge in [0.15, 0.2) is 0 Å². The van der Waals surface area contributed by atoms with E-state index < -0.39 is 10.0 Å². The largest absolute Gasteiger partial charge is 0.497 e. The third-order valence-electron chi connectivity index (χ3n) is 4.54. The molecule has 0 bridgehead atoms. The van der Waals surface area contributed by atoms with Gasteiger partial charge in [0, 0.05) is 18.5 Å². The zero-order valence-electron chi connectivity index (χ0n) is 16.9. The topological polar surface area (TPSA) is 90.7 Å². The Morgan fingerprint density at radius 1 is 1.03 bits per heavy atom. The maximum atomic E-state index is 12.7. The first-order chi connectivity index (χ1) is 13.8. The van der Waals surface area contributed by atoms with E-state index in [0.29, 0.717) is 29.3 Å². The second kappa shape index (κ2) is 8.67. The molecular weight excluding hydrogens is 392 g/mol. The molecule has 0 fully saturated rings. The van der Waals surface area contributed by atoms with E-state index in [2.05, 4.69) is 9.71 Å². The highest BCUT2D eigenvalue weighted by atomic mass is 32.2. The predicted octanol–water partition coefficient (Wildman–Crippen LogP) is 3.50. The van der Waals surface area contributed by atoms with Gasteiger partial charge < -0.3 is 13.9 Å². The lowest BCUT2D eigenvalue weighted by atomic mass is 10.1. The van der Waals surface area contributed by atoms with Crippen molar-refractivity contribution in [3.05, 3.63) is 59.5 Å². The fourth-order valence-corrected chi connectivity index (χ4v) is 4.29. The Hall–Kier alpha value is -2.84. The maximum absolute atomic E-state index is 12.7. The average Bonchev–Trinajstić information content (AvgIpc) is 3.18. The van der Waals surface area contributed by atoms with Gasteiger partial charge in [-0.1, -0.05) is 0 Å². The molecule has 154 valence electrons. The molecule has 0 saturated heterocycles. The van der Waals surface area contributed by atoms with Gasteiger partial charge in [0.05, 0.1) is 24.8 Å². The second-order valence-electron chi connectivity index (χ2n) is 6.61. The average molecular weight is 416 g/mol. The summed E-state index contributed by atoms with van der Waals surface area (Å²) in [5.41, 5.74) is 2.88. The number of aromatic nitrogens is 1. The number of nitrogens with one attached hydrogen (secondary N) is 1. The highest BCUT2D eigenvalue weighted by molar-refractivity contribution is 7.89. The number of ether oxygens (including phenoxy) is 2. The van der Waals surface area contributed by atoms with E-state index >= 15 is 0 Å². The lowest BCUT2D eigenvalue weighted by Crippen LogP contribution is -2.26. The van der Waals surface area contributed by atoms with Crippen LogP contribution in [0.25, 0.3) is 11.5 Å². The first kappa shape index (κ1) is 20.9. The van der Waals surface area contributed by atoms with E-state index in [1.165, 1.54) is 6.26 Å². The molecule has 0 spiro atoms. The van der Waals surface area contributed by atoms with Crippen molar-refractivity contribution in [2.75, 3.05) is 20.8 Å². The molecule has 0 radical (unpaired) electrons. The smallest absolute Gasteiger partial charge is 0.240 e. The van der Waals surface area contributed by atoms with Crippen molar-refractivity contribution in [3.63, 3.8) is 0 Å². The molecule has 0 aliphatic carbocycles. The number of methoxy groups -OCH3 is 2. The highest BCUT2D eigenvalue weighted by Crippen LogP contribution is 2.25. The Morgan fingerprint density at radius 3 is 2.41 bits per heavy atom. The summed E-state index contributed by atoms with van der Waals surface area (Å²) in [4.78, 5) is 4.67. The molecule has 1 heterocycles. The van der Waals surface area contributed by atoms with Crippen LogP contribution in [0.3, 0.4) is 0 Å². The summed E-state index contributed by atoms with van der Waals surface area (Å²) in [5, 5.41) is 0. The first-order valence-electron chi connectivity index (χ1n) is 9.08. The lowest BCUT2D eigenvalue weighted by molar-refractivity contribution is 0.411. The molecule has 2 aromatic carbocycles. The molecule has 1 N–H and O–H groups in total. The summed E-state index contributed by atoms with van der Waals surface area (Å²) in [7, 11) is -0.472. The van der Waals surface area contributed by atoms with Gasteiger partial charge in [0.2, 0.25) is 15.9 Å². The minimum absolute atomic E-state index is 0.210. The Labute approximate surface area is 170 Å². The number of benzene rings is 2. The van der Waals surface area contributed by atoms with Gasteiger partial charge in [-0.25, -0.2) is 18.1 Å². The van der Waals surface area contributed by atoms with E-state index in [4.69, 9.17) is 13.9 Å². The molecule has 3 aromatic rings. The lowest BCUT2D eigenvalue weighted by Gasteiger charge is -2.12. The van der Waals surface area contributed by atoms with Gasteiger partial charge in [-0.05, 0) is 61.4 Å². The molecule has 0 unspecified atom stereocenters. The minimum atomic E-state index is -3.64. The van der Waals surface area contributed by atoms with Crippen LogP contribution >= 0.6 is 0 Å². The fraction of sp³-hybridized carbons (Fsp3) is 0.286. The van der Waals surface area contributed by atoms with Gasteiger partial charge >= 0.3 is 0 Å². The fourth-order valence-electron chi connectivity index (χ4n) is 2.95. The molecule has 1 aromatic heterocycles. The van der Waals surface area contributed by atoms with Crippen LogP contribution in [0.4, 0.5) is 0 Å². The highest BCUT2D eigenvalue weighted by Gasteiger charge is 2.18. The van der Waals surface area contributed by atoms with Crippen molar-refractivity contribution in [3.8, 4) is 23.0 Å². The third-order valence-corrected chi connectivity index (χ3v) is 6.15. The van der Waals surface area contributed by atoms with Crippen molar-refractivity contribution in [2.24, 2.45) is 0 Å². The summed E-state index contributed by atoms with van der Waals surface area (Å²) in [6, 6.07) is 10.7. The summed E-state index contributed by atoms with van der Waals surface area (Å²) >= 11 is 0. The van der Waals surface area contributed by atoms with E-state index in [0.717, 1.165) is 16.9 Å². The van der Waals surface area contributed by atoms with Crippen molar-refractivity contribution in [2.45, 2.75) is 25.2 Å². The molecule has 8 heteroatoms. The van der Waals surface area contributed by atoms with Gasteiger partial charge in [-0.2, -0.15) is 0 Å². The zero-order valence-corrected chi connectivity index (χ0v) is 17.7. The molecule has 0 aliphatic heterocycles. The number of aryl methyl sites for hydroxylation is 2. The zero-order chi connectivity index (χ0) is 21.0. The van der Waals surface area contributed by atoms with Crippen LogP contribution in [-0.2, 0) is 16.4 Å². The molecule has 0 saturated carbocycles. The van der Waals surface area contributed by atoms with Crippen LogP contribution in [-0.4, -0.2) is 34.2 Å². The van der Waals surface area contributed by atoms with Crippen LogP contribution in [0, 0.1) is 13.8 Å². The number of rotatable bonds is 8. The monoisotopic (exact) mass is 416 g/mol. The second-order valence-corrected chi connectivity index (χ2v) is 8.34. The number of nitrogens with zero attached hydrogens (tertiary/aromatic N) is 1. The minimum Gasteiger partial charge on any atom is -0.497 e. The van der Waals surface area contributed by atoms with E-state index in [1.54, 1.807) is 33.3 Å². The van der Waals surface area contributed by atoms with Gasteiger partial charge in [-0.15, -0.1) is 0 Å². The molecule has 0 aliphatic rings. The van der Waals surface area contributed by atoms with E-state index in [-0.39, 0.29) is 11.4 Å². The van der Waals surface area contributed by atoms with E-state index in [9.17, 15) is 8.42 Å². The predicted molar refractivity (Wildman–Crippen MR) is 110 cm³/mol. The van der Waals surface area contributed by atoms with Gasteiger partial charge in [-0.3, -0.25) is 0 Å². The van der Waals surface area contributed by atoms with Crippen LogP contribution in [0.5, 0.6) is 11.5 Å². The maximum Gasteiger partial charge on any atom is 0.240 e. The Balaban J connectivity index is 1.65. The first-order valence-corrected chi connectivity index (χ1v) is 10.6. The van der Waals surface area contributed by atoms with E-state index in [1.807, 2.05) is 31.2 Å². The molecule has 3 rings (SSSR count). The van der Waals surface area contributed by atoms with Crippen molar-refractivity contribution in [1.82, 2.24) is 9.71 Å². The third kappa shape index (κ3) is 4.78. The number of hydrogen-bond donors (Lipinski definition) is 1. The molecule has 0 amide bonds. The van der Waals surface area contributed by atoms with Crippen molar-refractivity contribution >= 4 is 10.0 Å². The number of oxazole rings is 1. The molecule has 7 nitrogen and oxygen atoms in total. The van der Waals surface area contributed by atoms with Crippen LogP contribution in [0.2, 0.25) is 0 Å². The van der Waals surface area contributed by atoms with Crippen LogP contribution in [0.1, 0.15) is 16.8 Å². The summed E-state index contributed by atoms with van der Waals surface area (Å²) in [5.74, 6) is 1.89. The normalized spacial score (nSPS) is 11.4. The summed E-state index contributed by atoms with van der Waals surface area (Å²) in [6.45, 7) is 3.77. The SMILES string of the molecule is COc1ccc(-c2nc(CCNS(=O)(=O)c3cc(C)c(OC)cc3C)co2)cc1. The Kier molecular flexibility index (Phi) is 6.24. The van der Waals surface area contributed by atoms with Crippen LogP contribution < -0.4 is 14.2 Å². The Bertz CT molecular complexity index is 1090. The molecule has 29 heavy (non-hydrogen) atoms. The van der Waals surface area contributed by atoms with Crippen molar-refractivity contribution in [1.29, 1.82) is 0 Å². The van der Waals surface area contributed by atoms with Gasteiger partial charge in [0.1, 0.15) is 17.8 Å². The quantitative estimate of drug-likeness (QED) is 0.604.